The Bertz CT molecular complexity index is 489. The van der Waals surface area contributed by atoms with Crippen molar-refractivity contribution < 1.29 is 14.3 Å². The molecule has 1 aliphatic carbocycles. The molecule has 0 N–H and O–H groups in total. The second-order valence-corrected chi connectivity index (χ2v) is 4.44. The summed E-state index contributed by atoms with van der Waals surface area (Å²) in [4.78, 5) is 22.2. The molecule has 0 atom stereocenters. The molecule has 0 spiro atoms. The predicted octanol–water partition coefficient (Wildman–Crippen LogP) is 2.02. The number of ether oxygens (including phenoxy) is 1. The number of hydrogen-bond acceptors (Lipinski definition) is 3. The van der Waals surface area contributed by atoms with E-state index in [0.29, 0.717) is 31.7 Å². The lowest BCUT2D eigenvalue weighted by molar-refractivity contribution is -0.137. The number of rotatable bonds is 4. The molecule has 1 aromatic carbocycles. The third-order valence-electron chi connectivity index (χ3n) is 3.13. The topological polar surface area (TPSA) is 43.4 Å². The van der Waals surface area contributed by atoms with Crippen molar-refractivity contribution in [1.82, 2.24) is 0 Å². The Labute approximate surface area is 106 Å². The van der Waals surface area contributed by atoms with E-state index in [2.05, 4.69) is 12.6 Å². The Balaban J connectivity index is 1.97. The Morgan fingerprint density at radius 1 is 1.33 bits per heavy atom. The van der Waals surface area contributed by atoms with Gasteiger partial charge in [-0.15, -0.1) is 0 Å². The molecule has 0 fully saturated rings. The van der Waals surface area contributed by atoms with Gasteiger partial charge in [0.05, 0.1) is 6.61 Å². The Kier molecular flexibility index (Phi) is 3.92. The van der Waals surface area contributed by atoms with Crippen LogP contribution in [0, 0.1) is 0 Å². The molecule has 0 heterocycles. The summed E-state index contributed by atoms with van der Waals surface area (Å²) in [7, 11) is 0. The van der Waals surface area contributed by atoms with Crippen molar-refractivity contribution in [3.8, 4) is 0 Å². The molecule has 0 radical (unpaired) electrons. The molecule has 18 heavy (non-hydrogen) atoms. The van der Waals surface area contributed by atoms with E-state index in [-0.39, 0.29) is 0 Å². The Hall–Kier alpha value is -1.90. The second kappa shape index (κ2) is 5.63. The minimum absolute atomic E-state index is 0.315. The summed E-state index contributed by atoms with van der Waals surface area (Å²) in [5.41, 5.74) is 3.53. The van der Waals surface area contributed by atoms with Crippen LogP contribution in [-0.4, -0.2) is 18.4 Å². The molecule has 1 aromatic rings. The minimum Gasteiger partial charge on any atom is -0.462 e. The van der Waals surface area contributed by atoms with E-state index in [1.807, 2.05) is 12.1 Å². The monoisotopic (exact) mass is 244 g/mol. The standard InChI is InChI=1S/C15H16O3/c1-2-15(17)18-8-7-11-3-4-13-10-14(16)6-5-12(13)9-11/h2-4,9H,1,5-8,10H2. The molecule has 94 valence electrons. The normalized spacial score (nSPS) is 13.9. The van der Waals surface area contributed by atoms with Gasteiger partial charge in [0.15, 0.2) is 0 Å². The van der Waals surface area contributed by atoms with Gasteiger partial charge in [-0.25, -0.2) is 4.79 Å². The highest BCUT2D eigenvalue weighted by atomic mass is 16.5. The van der Waals surface area contributed by atoms with Crippen LogP contribution in [0.5, 0.6) is 0 Å². The Morgan fingerprint density at radius 2 is 2.17 bits per heavy atom. The van der Waals surface area contributed by atoms with Gasteiger partial charge >= 0.3 is 5.97 Å². The fourth-order valence-electron chi connectivity index (χ4n) is 2.14. The first-order valence-corrected chi connectivity index (χ1v) is 6.10. The maximum atomic E-state index is 11.3. The summed E-state index contributed by atoms with van der Waals surface area (Å²) in [6.07, 6.45) is 3.89. The van der Waals surface area contributed by atoms with E-state index in [0.717, 1.165) is 17.5 Å². The van der Waals surface area contributed by atoms with E-state index in [9.17, 15) is 9.59 Å². The SMILES string of the molecule is C=CC(=O)OCCc1ccc2c(c1)CCC(=O)C2. The molecular formula is C15H16O3. The van der Waals surface area contributed by atoms with Crippen LogP contribution in [0.1, 0.15) is 23.1 Å². The lowest BCUT2D eigenvalue weighted by Crippen LogP contribution is -2.13. The van der Waals surface area contributed by atoms with Gasteiger partial charge in [-0.2, -0.15) is 0 Å². The van der Waals surface area contributed by atoms with Crippen molar-refractivity contribution in [1.29, 1.82) is 0 Å². The molecule has 1 aliphatic rings. The highest BCUT2D eigenvalue weighted by molar-refractivity contribution is 5.83. The molecule has 0 aliphatic heterocycles. The zero-order valence-electron chi connectivity index (χ0n) is 10.3. The zero-order valence-corrected chi connectivity index (χ0v) is 10.3. The van der Waals surface area contributed by atoms with Crippen LogP contribution in [0.15, 0.2) is 30.9 Å². The lowest BCUT2D eigenvalue weighted by atomic mass is 9.89. The van der Waals surface area contributed by atoms with E-state index in [1.54, 1.807) is 0 Å². The highest BCUT2D eigenvalue weighted by Crippen LogP contribution is 2.20. The van der Waals surface area contributed by atoms with Crippen LogP contribution in [-0.2, 0) is 33.6 Å². The van der Waals surface area contributed by atoms with Crippen molar-refractivity contribution in [3.05, 3.63) is 47.5 Å². The maximum absolute atomic E-state index is 11.3. The van der Waals surface area contributed by atoms with Gasteiger partial charge < -0.3 is 4.74 Å². The average molecular weight is 244 g/mol. The van der Waals surface area contributed by atoms with Crippen molar-refractivity contribution in [3.63, 3.8) is 0 Å². The van der Waals surface area contributed by atoms with Crippen LogP contribution in [0.3, 0.4) is 0 Å². The molecule has 0 saturated carbocycles. The zero-order chi connectivity index (χ0) is 13.0. The number of fused-ring (bicyclic) bond motifs is 1. The summed E-state index contributed by atoms with van der Waals surface area (Å²) in [5.74, 6) is -0.0753. The molecular weight excluding hydrogens is 228 g/mol. The average Bonchev–Trinajstić information content (AvgIpc) is 2.38. The number of aryl methyl sites for hydroxylation is 1. The van der Waals surface area contributed by atoms with Crippen molar-refractivity contribution in [2.75, 3.05) is 6.61 Å². The molecule has 2 rings (SSSR count). The van der Waals surface area contributed by atoms with Gasteiger partial charge in [0, 0.05) is 25.3 Å². The number of hydrogen-bond donors (Lipinski definition) is 0. The molecule has 0 saturated heterocycles. The van der Waals surface area contributed by atoms with Gasteiger partial charge in [-0.1, -0.05) is 24.8 Å². The number of ketones is 1. The van der Waals surface area contributed by atoms with E-state index in [1.165, 1.54) is 11.6 Å². The summed E-state index contributed by atoms with van der Waals surface area (Å²) in [5, 5.41) is 0. The molecule has 0 bridgehead atoms. The number of carbonyl (C=O) groups is 2. The predicted molar refractivity (Wildman–Crippen MR) is 68.3 cm³/mol. The fraction of sp³-hybridized carbons (Fsp3) is 0.333. The van der Waals surface area contributed by atoms with Crippen LogP contribution >= 0.6 is 0 Å². The van der Waals surface area contributed by atoms with Gasteiger partial charge in [0.25, 0.3) is 0 Å². The van der Waals surface area contributed by atoms with Crippen molar-refractivity contribution in [2.45, 2.75) is 25.7 Å². The van der Waals surface area contributed by atoms with Crippen molar-refractivity contribution in [2.24, 2.45) is 0 Å². The molecule has 0 amide bonds. The summed E-state index contributed by atoms with van der Waals surface area (Å²) in [6, 6.07) is 6.12. The quantitative estimate of drug-likeness (QED) is 0.601. The Morgan fingerprint density at radius 3 is 2.94 bits per heavy atom. The number of carbonyl (C=O) groups excluding carboxylic acids is 2. The maximum Gasteiger partial charge on any atom is 0.330 e. The summed E-state index contributed by atoms with van der Waals surface area (Å²) < 4.78 is 4.95. The molecule has 0 unspecified atom stereocenters. The number of esters is 1. The first-order valence-electron chi connectivity index (χ1n) is 6.10. The van der Waals surface area contributed by atoms with E-state index in [4.69, 9.17) is 4.74 Å². The summed E-state index contributed by atoms with van der Waals surface area (Å²) >= 11 is 0. The van der Waals surface area contributed by atoms with Crippen LogP contribution in [0.25, 0.3) is 0 Å². The fourth-order valence-corrected chi connectivity index (χ4v) is 2.14. The van der Waals surface area contributed by atoms with Gasteiger partial charge in [0.2, 0.25) is 0 Å². The first kappa shape index (κ1) is 12.6. The summed E-state index contributed by atoms with van der Waals surface area (Å²) in [6.45, 7) is 3.71. The number of benzene rings is 1. The highest BCUT2D eigenvalue weighted by Gasteiger charge is 2.15. The van der Waals surface area contributed by atoms with Crippen molar-refractivity contribution >= 4 is 11.8 Å². The third-order valence-corrected chi connectivity index (χ3v) is 3.13. The smallest absolute Gasteiger partial charge is 0.330 e. The van der Waals surface area contributed by atoms with Gasteiger partial charge in [-0.3, -0.25) is 4.79 Å². The molecule has 0 aromatic heterocycles. The second-order valence-electron chi connectivity index (χ2n) is 4.44. The third kappa shape index (κ3) is 3.06. The van der Waals surface area contributed by atoms with Gasteiger partial charge in [-0.05, 0) is 23.1 Å². The van der Waals surface area contributed by atoms with Crippen LogP contribution < -0.4 is 0 Å². The molecule has 3 nitrogen and oxygen atoms in total. The van der Waals surface area contributed by atoms with Crippen LogP contribution in [0.2, 0.25) is 0 Å². The first-order chi connectivity index (χ1) is 8.69. The van der Waals surface area contributed by atoms with E-state index < -0.39 is 5.97 Å². The molecule has 3 heteroatoms. The van der Waals surface area contributed by atoms with Crippen LogP contribution in [0.4, 0.5) is 0 Å². The largest absolute Gasteiger partial charge is 0.462 e. The minimum atomic E-state index is -0.390. The van der Waals surface area contributed by atoms with E-state index >= 15 is 0 Å². The lowest BCUT2D eigenvalue weighted by Gasteiger charge is -2.15. The number of Topliss-reactive ketones (excluding diaryl/α,β-unsaturated/α-hetero) is 1. The van der Waals surface area contributed by atoms with Gasteiger partial charge in [0.1, 0.15) is 5.78 Å².